The minimum absolute atomic E-state index is 0.00629. The van der Waals surface area contributed by atoms with Crippen LogP contribution in [0.1, 0.15) is 55.3 Å². The molecule has 1 heterocycles. The van der Waals surface area contributed by atoms with Crippen molar-refractivity contribution < 1.29 is 9.59 Å². The van der Waals surface area contributed by atoms with Gasteiger partial charge in [-0.05, 0) is 51.4 Å². The highest BCUT2D eigenvalue weighted by Crippen LogP contribution is 2.22. The summed E-state index contributed by atoms with van der Waals surface area (Å²) in [6, 6.07) is 7.58. The SMILES string of the molecule is CN1CCCC(C(=O)Nc2ccccc2C(=O)NC2CCCCC2)C1. The lowest BCUT2D eigenvalue weighted by atomic mass is 9.95. The summed E-state index contributed by atoms with van der Waals surface area (Å²) in [6.07, 6.45) is 7.67. The van der Waals surface area contributed by atoms with Crippen LogP contribution >= 0.6 is 0 Å². The van der Waals surface area contributed by atoms with Crippen LogP contribution in [-0.4, -0.2) is 42.9 Å². The number of anilines is 1. The van der Waals surface area contributed by atoms with Crippen LogP contribution < -0.4 is 10.6 Å². The summed E-state index contributed by atoms with van der Waals surface area (Å²) in [4.78, 5) is 27.5. The Hall–Kier alpha value is -1.88. The highest BCUT2D eigenvalue weighted by atomic mass is 16.2. The van der Waals surface area contributed by atoms with E-state index in [0.29, 0.717) is 11.3 Å². The Kier molecular flexibility index (Phi) is 6.08. The van der Waals surface area contributed by atoms with Crippen LogP contribution in [0.5, 0.6) is 0 Å². The van der Waals surface area contributed by atoms with Crippen LogP contribution in [0, 0.1) is 5.92 Å². The molecule has 25 heavy (non-hydrogen) atoms. The van der Waals surface area contributed by atoms with Crippen molar-refractivity contribution in [3.8, 4) is 0 Å². The third-order valence-electron chi connectivity index (χ3n) is 5.37. The van der Waals surface area contributed by atoms with Gasteiger partial charge < -0.3 is 15.5 Å². The molecule has 1 saturated carbocycles. The predicted octanol–water partition coefficient (Wildman–Crippen LogP) is 3.03. The van der Waals surface area contributed by atoms with Crippen molar-refractivity contribution in [3.63, 3.8) is 0 Å². The maximum Gasteiger partial charge on any atom is 0.253 e. The average Bonchev–Trinajstić information content (AvgIpc) is 2.63. The molecule has 1 aliphatic carbocycles. The highest BCUT2D eigenvalue weighted by molar-refractivity contribution is 6.04. The number of nitrogens with zero attached hydrogens (tertiary/aromatic N) is 1. The average molecular weight is 343 g/mol. The Bertz CT molecular complexity index is 611. The van der Waals surface area contributed by atoms with Crippen LogP contribution in [0.25, 0.3) is 0 Å². The van der Waals surface area contributed by atoms with Crippen molar-refractivity contribution in [2.24, 2.45) is 5.92 Å². The summed E-state index contributed by atoms with van der Waals surface area (Å²) in [5.74, 6) is -0.0683. The van der Waals surface area contributed by atoms with Crippen LogP contribution in [0.4, 0.5) is 5.69 Å². The third kappa shape index (κ3) is 4.82. The largest absolute Gasteiger partial charge is 0.349 e. The summed E-state index contributed by atoms with van der Waals surface area (Å²) in [5, 5.41) is 6.13. The Labute approximate surface area is 150 Å². The zero-order chi connectivity index (χ0) is 17.6. The van der Waals surface area contributed by atoms with E-state index in [1.54, 1.807) is 6.07 Å². The van der Waals surface area contributed by atoms with Gasteiger partial charge in [-0.2, -0.15) is 0 Å². The lowest BCUT2D eigenvalue weighted by Gasteiger charge is -2.29. The number of para-hydroxylation sites is 1. The fourth-order valence-corrected chi connectivity index (χ4v) is 3.92. The fourth-order valence-electron chi connectivity index (χ4n) is 3.92. The number of benzene rings is 1. The molecule has 1 unspecified atom stereocenters. The molecular formula is C20H29N3O2. The van der Waals surface area contributed by atoms with Crippen molar-refractivity contribution >= 4 is 17.5 Å². The second kappa shape index (κ2) is 8.48. The number of piperidine rings is 1. The van der Waals surface area contributed by atoms with Gasteiger partial charge in [-0.3, -0.25) is 9.59 Å². The molecule has 0 radical (unpaired) electrons. The van der Waals surface area contributed by atoms with E-state index in [2.05, 4.69) is 15.5 Å². The number of nitrogens with one attached hydrogen (secondary N) is 2. The Balaban J connectivity index is 1.65. The van der Waals surface area contributed by atoms with E-state index < -0.39 is 0 Å². The van der Waals surface area contributed by atoms with E-state index in [1.165, 1.54) is 19.3 Å². The number of carbonyl (C=O) groups excluding carboxylic acids is 2. The summed E-state index contributed by atoms with van der Waals surface area (Å²) in [6.45, 7) is 1.83. The molecule has 1 aromatic rings. The molecule has 2 aliphatic rings. The molecular weight excluding hydrogens is 314 g/mol. The van der Waals surface area contributed by atoms with Gasteiger partial charge in [0.15, 0.2) is 0 Å². The van der Waals surface area contributed by atoms with Crippen molar-refractivity contribution in [2.45, 2.75) is 51.0 Å². The topological polar surface area (TPSA) is 61.4 Å². The van der Waals surface area contributed by atoms with Crippen LogP contribution in [0.15, 0.2) is 24.3 Å². The van der Waals surface area contributed by atoms with Gasteiger partial charge in [0.05, 0.1) is 17.2 Å². The quantitative estimate of drug-likeness (QED) is 0.883. The maximum absolute atomic E-state index is 12.7. The molecule has 2 amide bonds. The fraction of sp³-hybridized carbons (Fsp3) is 0.600. The number of likely N-dealkylation sites (tertiary alicyclic amines) is 1. The number of carbonyl (C=O) groups is 2. The monoisotopic (exact) mass is 343 g/mol. The Morgan fingerprint density at radius 3 is 2.56 bits per heavy atom. The van der Waals surface area contributed by atoms with E-state index in [4.69, 9.17) is 0 Å². The van der Waals surface area contributed by atoms with Crippen LogP contribution in [0.3, 0.4) is 0 Å². The molecule has 2 N–H and O–H groups in total. The summed E-state index contributed by atoms with van der Waals surface area (Å²) < 4.78 is 0. The summed E-state index contributed by atoms with van der Waals surface area (Å²) in [7, 11) is 2.05. The molecule has 2 fully saturated rings. The highest BCUT2D eigenvalue weighted by Gasteiger charge is 2.25. The van der Waals surface area contributed by atoms with Gasteiger partial charge in [0.25, 0.3) is 5.91 Å². The zero-order valence-corrected chi connectivity index (χ0v) is 15.1. The first-order valence-electron chi connectivity index (χ1n) is 9.53. The van der Waals surface area contributed by atoms with Gasteiger partial charge in [0.1, 0.15) is 0 Å². The lowest BCUT2D eigenvalue weighted by Crippen LogP contribution is -2.39. The number of amides is 2. The van der Waals surface area contributed by atoms with Crippen molar-refractivity contribution in [1.82, 2.24) is 10.2 Å². The Morgan fingerprint density at radius 1 is 1.04 bits per heavy atom. The van der Waals surface area contributed by atoms with Gasteiger partial charge >= 0.3 is 0 Å². The number of hydrogen-bond donors (Lipinski definition) is 2. The zero-order valence-electron chi connectivity index (χ0n) is 15.1. The normalized spacial score (nSPS) is 22.4. The molecule has 1 atom stereocenters. The molecule has 5 nitrogen and oxygen atoms in total. The van der Waals surface area contributed by atoms with Crippen molar-refractivity contribution in [3.05, 3.63) is 29.8 Å². The van der Waals surface area contributed by atoms with Gasteiger partial charge in [-0.1, -0.05) is 31.4 Å². The molecule has 0 spiro atoms. The summed E-state index contributed by atoms with van der Waals surface area (Å²) >= 11 is 0. The predicted molar refractivity (Wildman–Crippen MR) is 99.6 cm³/mol. The first kappa shape index (κ1) is 17.9. The molecule has 1 saturated heterocycles. The molecule has 5 heteroatoms. The minimum atomic E-state index is -0.0800. The third-order valence-corrected chi connectivity index (χ3v) is 5.37. The van der Waals surface area contributed by atoms with Gasteiger partial charge in [0, 0.05) is 12.6 Å². The molecule has 0 aromatic heterocycles. The van der Waals surface area contributed by atoms with E-state index in [-0.39, 0.29) is 23.8 Å². The molecule has 1 aromatic carbocycles. The molecule has 136 valence electrons. The minimum Gasteiger partial charge on any atom is -0.349 e. The van der Waals surface area contributed by atoms with Crippen LogP contribution in [0.2, 0.25) is 0 Å². The molecule has 0 bridgehead atoms. The molecule has 1 aliphatic heterocycles. The summed E-state index contributed by atoms with van der Waals surface area (Å²) in [5.41, 5.74) is 1.18. The van der Waals surface area contributed by atoms with Gasteiger partial charge in [-0.25, -0.2) is 0 Å². The van der Waals surface area contributed by atoms with E-state index in [1.807, 2.05) is 25.2 Å². The number of hydrogen-bond acceptors (Lipinski definition) is 3. The standard InChI is InChI=1S/C20H29N3O2/c1-23-13-7-8-15(14-23)19(24)22-18-12-6-5-11-17(18)20(25)21-16-9-3-2-4-10-16/h5-6,11-12,15-16H,2-4,7-10,13-14H2,1H3,(H,21,25)(H,22,24). The second-order valence-corrected chi connectivity index (χ2v) is 7.44. The van der Waals surface area contributed by atoms with Crippen molar-refractivity contribution in [2.75, 3.05) is 25.5 Å². The molecule has 3 rings (SSSR count). The van der Waals surface area contributed by atoms with E-state index in [9.17, 15) is 9.59 Å². The lowest BCUT2D eigenvalue weighted by molar-refractivity contribution is -0.121. The second-order valence-electron chi connectivity index (χ2n) is 7.44. The first-order valence-corrected chi connectivity index (χ1v) is 9.53. The van der Waals surface area contributed by atoms with Crippen molar-refractivity contribution in [1.29, 1.82) is 0 Å². The van der Waals surface area contributed by atoms with E-state index in [0.717, 1.165) is 38.8 Å². The van der Waals surface area contributed by atoms with Gasteiger partial charge in [-0.15, -0.1) is 0 Å². The van der Waals surface area contributed by atoms with E-state index >= 15 is 0 Å². The smallest absolute Gasteiger partial charge is 0.253 e. The number of rotatable bonds is 4. The van der Waals surface area contributed by atoms with Gasteiger partial charge in [0.2, 0.25) is 5.91 Å². The van der Waals surface area contributed by atoms with Crippen LogP contribution in [-0.2, 0) is 4.79 Å². The Morgan fingerprint density at radius 2 is 1.80 bits per heavy atom. The maximum atomic E-state index is 12.7. The first-order chi connectivity index (χ1) is 12.1.